The summed E-state index contributed by atoms with van der Waals surface area (Å²) in [6.45, 7) is 0.375. The number of hydrogen-bond donors (Lipinski definition) is 1. The third-order valence-electron chi connectivity index (χ3n) is 3.84. The lowest BCUT2D eigenvalue weighted by molar-refractivity contribution is 0.0167. The van der Waals surface area contributed by atoms with E-state index in [0.29, 0.717) is 12.2 Å². The van der Waals surface area contributed by atoms with Crippen molar-refractivity contribution < 1.29 is 14.3 Å². The number of furan rings is 1. The summed E-state index contributed by atoms with van der Waals surface area (Å²) in [5.41, 5.74) is 2.73. The standard InChI is InChI=1S/C17H16INO3/c18-16-15-13(21-9-8-20)2-1-3-14(15)22-17(16)12-6-4-11(10-19)5-7-12/h4-7,13,20H,1-3,8-9H2. The number of aliphatic hydroxyl groups is 1. The molecule has 1 unspecified atom stereocenters. The second-order valence-electron chi connectivity index (χ2n) is 5.25. The van der Waals surface area contributed by atoms with Crippen molar-refractivity contribution in [1.82, 2.24) is 0 Å². The molecule has 1 aliphatic rings. The van der Waals surface area contributed by atoms with E-state index in [1.807, 2.05) is 12.1 Å². The molecule has 4 nitrogen and oxygen atoms in total. The lowest BCUT2D eigenvalue weighted by atomic mass is 9.95. The minimum atomic E-state index is -0.00122. The Morgan fingerprint density at radius 1 is 1.36 bits per heavy atom. The van der Waals surface area contributed by atoms with Crippen LogP contribution in [0, 0.1) is 14.9 Å². The Morgan fingerprint density at radius 2 is 2.14 bits per heavy atom. The number of nitrogens with zero attached hydrogens (tertiary/aromatic N) is 1. The molecule has 5 heteroatoms. The Balaban J connectivity index is 1.97. The van der Waals surface area contributed by atoms with E-state index in [9.17, 15) is 0 Å². The first kappa shape index (κ1) is 15.5. The number of aryl methyl sites for hydroxylation is 1. The van der Waals surface area contributed by atoms with Crippen molar-refractivity contribution in [3.05, 3.63) is 44.7 Å². The zero-order chi connectivity index (χ0) is 15.5. The fraction of sp³-hybridized carbons (Fsp3) is 0.353. The van der Waals surface area contributed by atoms with Crippen molar-refractivity contribution in [1.29, 1.82) is 5.26 Å². The summed E-state index contributed by atoms with van der Waals surface area (Å²) < 4.78 is 12.9. The van der Waals surface area contributed by atoms with Gasteiger partial charge in [0.1, 0.15) is 11.5 Å². The SMILES string of the molecule is N#Cc1ccc(-c2oc3c(c2I)C(OCCO)CCC3)cc1. The molecule has 0 spiro atoms. The number of hydrogen-bond acceptors (Lipinski definition) is 4. The number of fused-ring (bicyclic) bond motifs is 1. The number of benzene rings is 1. The van der Waals surface area contributed by atoms with Crippen molar-refractivity contribution in [3.8, 4) is 17.4 Å². The van der Waals surface area contributed by atoms with Gasteiger partial charge in [-0.15, -0.1) is 0 Å². The van der Waals surface area contributed by atoms with Crippen molar-refractivity contribution in [2.24, 2.45) is 0 Å². The monoisotopic (exact) mass is 409 g/mol. The quantitative estimate of drug-likeness (QED) is 0.781. The Morgan fingerprint density at radius 3 is 2.82 bits per heavy atom. The molecule has 0 bridgehead atoms. The van der Waals surface area contributed by atoms with Gasteiger partial charge < -0.3 is 14.3 Å². The van der Waals surface area contributed by atoms with Crippen LogP contribution in [0.4, 0.5) is 0 Å². The summed E-state index contributed by atoms with van der Waals surface area (Å²) in [5, 5.41) is 17.9. The Kier molecular flexibility index (Phi) is 4.81. The molecule has 1 heterocycles. The molecular weight excluding hydrogens is 393 g/mol. The summed E-state index contributed by atoms with van der Waals surface area (Å²) in [6.07, 6.45) is 2.90. The van der Waals surface area contributed by atoms with Crippen molar-refractivity contribution in [2.75, 3.05) is 13.2 Å². The molecule has 2 aromatic rings. The second-order valence-corrected chi connectivity index (χ2v) is 6.33. The van der Waals surface area contributed by atoms with Gasteiger partial charge in [0.25, 0.3) is 0 Å². The van der Waals surface area contributed by atoms with Gasteiger partial charge in [-0.3, -0.25) is 0 Å². The maximum absolute atomic E-state index is 8.97. The second kappa shape index (κ2) is 6.82. The average Bonchev–Trinajstić information content (AvgIpc) is 2.90. The first-order valence-electron chi connectivity index (χ1n) is 7.28. The minimum Gasteiger partial charge on any atom is -0.460 e. The molecule has 1 N–H and O–H groups in total. The average molecular weight is 409 g/mol. The third kappa shape index (κ3) is 2.91. The highest BCUT2D eigenvalue weighted by Gasteiger charge is 2.29. The van der Waals surface area contributed by atoms with Crippen LogP contribution in [-0.2, 0) is 11.2 Å². The van der Waals surface area contributed by atoms with Crippen LogP contribution in [0.5, 0.6) is 0 Å². The molecule has 114 valence electrons. The molecule has 0 radical (unpaired) electrons. The van der Waals surface area contributed by atoms with Gasteiger partial charge in [-0.1, -0.05) is 0 Å². The van der Waals surface area contributed by atoms with Crippen molar-refractivity contribution >= 4 is 22.6 Å². The van der Waals surface area contributed by atoms with Gasteiger partial charge in [-0.05, 0) is 59.7 Å². The summed E-state index contributed by atoms with van der Waals surface area (Å²) >= 11 is 2.31. The van der Waals surface area contributed by atoms with E-state index in [2.05, 4.69) is 28.7 Å². The minimum absolute atomic E-state index is 0.00122. The van der Waals surface area contributed by atoms with Crippen LogP contribution in [0.2, 0.25) is 0 Å². The van der Waals surface area contributed by atoms with E-state index in [0.717, 1.165) is 45.5 Å². The molecular formula is C17H16INO3. The predicted octanol–water partition coefficient (Wildman–Crippen LogP) is 3.81. The summed E-state index contributed by atoms with van der Waals surface area (Å²) in [7, 11) is 0. The molecule has 1 atom stereocenters. The van der Waals surface area contributed by atoms with Crippen LogP contribution < -0.4 is 0 Å². The highest BCUT2D eigenvalue weighted by molar-refractivity contribution is 14.1. The highest BCUT2D eigenvalue weighted by atomic mass is 127. The maximum Gasteiger partial charge on any atom is 0.147 e. The Hall–Kier alpha value is -1.36. The number of halogens is 1. The summed E-state index contributed by atoms with van der Waals surface area (Å²) in [6, 6.07) is 9.54. The molecule has 1 aromatic carbocycles. The predicted molar refractivity (Wildman–Crippen MR) is 90.3 cm³/mol. The molecule has 0 aliphatic heterocycles. The van der Waals surface area contributed by atoms with Crippen LogP contribution in [0.15, 0.2) is 28.7 Å². The van der Waals surface area contributed by atoms with Crippen molar-refractivity contribution in [2.45, 2.75) is 25.4 Å². The van der Waals surface area contributed by atoms with Gasteiger partial charge >= 0.3 is 0 Å². The van der Waals surface area contributed by atoms with Crippen LogP contribution in [0.25, 0.3) is 11.3 Å². The maximum atomic E-state index is 8.97. The van der Waals surface area contributed by atoms with Gasteiger partial charge in [0.15, 0.2) is 0 Å². The third-order valence-corrected chi connectivity index (χ3v) is 4.91. The lowest BCUT2D eigenvalue weighted by Gasteiger charge is -2.22. The molecule has 0 amide bonds. The molecule has 1 aliphatic carbocycles. The summed E-state index contributed by atoms with van der Waals surface area (Å²) in [4.78, 5) is 0. The smallest absolute Gasteiger partial charge is 0.147 e. The van der Waals surface area contributed by atoms with Crippen LogP contribution >= 0.6 is 22.6 Å². The first-order valence-corrected chi connectivity index (χ1v) is 8.36. The van der Waals surface area contributed by atoms with Gasteiger partial charge in [-0.2, -0.15) is 5.26 Å². The van der Waals surface area contributed by atoms with Gasteiger partial charge in [-0.25, -0.2) is 0 Å². The Bertz CT molecular complexity index is 700. The fourth-order valence-corrected chi connectivity index (χ4v) is 3.88. The molecule has 22 heavy (non-hydrogen) atoms. The molecule has 3 rings (SSSR count). The molecule has 0 fully saturated rings. The van der Waals surface area contributed by atoms with E-state index >= 15 is 0 Å². The highest BCUT2D eigenvalue weighted by Crippen LogP contribution is 2.42. The lowest BCUT2D eigenvalue weighted by Crippen LogP contribution is -2.14. The van der Waals surface area contributed by atoms with Crippen LogP contribution in [0.1, 0.15) is 35.8 Å². The van der Waals surface area contributed by atoms with Crippen molar-refractivity contribution in [3.63, 3.8) is 0 Å². The zero-order valence-corrected chi connectivity index (χ0v) is 14.2. The fourth-order valence-electron chi connectivity index (χ4n) is 2.81. The van der Waals surface area contributed by atoms with E-state index in [1.165, 1.54) is 0 Å². The topological polar surface area (TPSA) is 66.4 Å². The first-order chi connectivity index (χ1) is 10.7. The van der Waals surface area contributed by atoms with E-state index in [-0.39, 0.29) is 12.7 Å². The van der Waals surface area contributed by atoms with E-state index < -0.39 is 0 Å². The van der Waals surface area contributed by atoms with Gasteiger partial charge in [0.05, 0.1) is 34.5 Å². The molecule has 0 saturated heterocycles. The van der Waals surface area contributed by atoms with Gasteiger partial charge in [0.2, 0.25) is 0 Å². The number of nitriles is 1. The molecule has 1 aromatic heterocycles. The Labute approximate surface area is 142 Å². The van der Waals surface area contributed by atoms with E-state index in [1.54, 1.807) is 12.1 Å². The number of rotatable bonds is 4. The number of aliphatic hydroxyl groups excluding tert-OH is 1. The largest absolute Gasteiger partial charge is 0.460 e. The van der Waals surface area contributed by atoms with Crippen LogP contribution in [0.3, 0.4) is 0 Å². The van der Waals surface area contributed by atoms with Crippen LogP contribution in [-0.4, -0.2) is 18.3 Å². The summed E-state index contributed by atoms with van der Waals surface area (Å²) in [5.74, 6) is 1.83. The molecule has 0 saturated carbocycles. The normalized spacial score (nSPS) is 17.0. The zero-order valence-electron chi connectivity index (χ0n) is 12.0. The number of ether oxygens (including phenoxy) is 1. The van der Waals surface area contributed by atoms with E-state index in [4.69, 9.17) is 19.5 Å². The van der Waals surface area contributed by atoms with Gasteiger partial charge in [0, 0.05) is 17.5 Å².